The number of esters is 1. The van der Waals surface area contributed by atoms with Crippen molar-refractivity contribution >= 4 is 35.1 Å². The SMILES string of the molecule is C=CCCC(=O)N[C@@H](C)[C@H](OC(=O)[C@@H]1[C@H]2C(=O)N(CCCO)[C@H](C(=O)N(CC=C)c3ccc(N(CC)CC)cc3)[C@]23CC[C@H]1O3)c1ccccc1. The minimum Gasteiger partial charge on any atom is -0.455 e. The predicted molar refractivity (Wildman–Crippen MR) is 196 cm³/mol. The average molecular weight is 701 g/mol. The minimum absolute atomic E-state index is 0.128. The summed E-state index contributed by atoms with van der Waals surface area (Å²) < 4.78 is 12.9. The van der Waals surface area contributed by atoms with Crippen LogP contribution in [0.1, 0.15) is 64.5 Å². The van der Waals surface area contributed by atoms with E-state index < -0.39 is 47.7 Å². The van der Waals surface area contributed by atoms with Gasteiger partial charge in [0.05, 0.1) is 24.0 Å². The summed E-state index contributed by atoms with van der Waals surface area (Å²) in [6.07, 6.45) is 3.80. The first-order chi connectivity index (χ1) is 24.6. The highest BCUT2D eigenvalue weighted by Gasteiger charge is 2.75. The number of nitrogens with one attached hydrogen (secondary N) is 1. The number of benzene rings is 2. The molecule has 51 heavy (non-hydrogen) atoms. The second kappa shape index (κ2) is 16.7. The molecule has 3 heterocycles. The Morgan fingerprint density at radius 3 is 2.39 bits per heavy atom. The van der Waals surface area contributed by atoms with Crippen molar-refractivity contribution in [1.82, 2.24) is 10.2 Å². The van der Waals surface area contributed by atoms with Gasteiger partial charge in [-0.2, -0.15) is 0 Å². The molecule has 2 bridgehead atoms. The fourth-order valence-electron chi connectivity index (χ4n) is 8.15. The smallest absolute Gasteiger partial charge is 0.313 e. The predicted octanol–water partition coefficient (Wildman–Crippen LogP) is 4.56. The number of aliphatic hydroxyl groups excluding tert-OH is 1. The Morgan fingerprint density at radius 2 is 1.76 bits per heavy atom. The van der Waals surface area contributed by atoms with Crippen molar-refractivity contribution in [3.63, 3.8) is 0 Å². The van der Waals surface area contributed by atoms with E-state index in [1.54, 1.807) is 24.0 Å². The van der Waals surface area contributed by atoms with Gasteiger partial charge in [0, 0.05) is 50.6 Å². The van der Waals surface area contributed by atoms with Gasteiger partial charge in [0.1, 0.15) is 17.7 Å². The third-order valence-electron chi connectivity index (χ3n) is 10.5. The number of aliphatic hydroxyl groups is 1. The van der Waals surface area contributed by atoms with E-state index in [9.17, 15) is 24.3 Å². The molecule has 3 saturated heterocycles. The normalized spacial score (nSPS) is 24.4. The zero-order chi connectivity index (χ0) is 36.7. The fourth-order valence-corrected chi connectivity index (χ4v) is 8.15. The van der Waals surface area contributed by atoms with Gasteiger partial charge in [-0.05, 0) is 76.3 Å². The molecule has 3 amide bonds. The van der Waals surface area contributed by atoms with Crippen LogP contribution in [0.25, 0.3) is 0 Å². The number of hydrogen-bond donors (Lipinski definition) is 2. The van der Waals surface area contributed by atoms with Gasteiger partial charge >= 0.3 is 5.97 Å². The van der Waals surface area contributed by atoms with E-state index in [0.29, 0.717) is 30.5 Å². The molecule has 2 aromatic carbocycles. The lowest BCUT2D eigenvalue weighted by molar-refractivity contribution is -0.162. The number of amides is 3. The molecule has 1 spiro atoms. The number of nitrogens with zero attached hydrogens (tertiary/aromatic N) is 3. The van der Waals surface area contributed by atoms with E-state index >= 15 is 0 Å². The maximum Gasteiger partial charge on any atom is 0.313 e. The van der Waals surface area contributed by atoms with Gasteiger partial charge in [-0.1, -0.05) is 42.5 Å². The highest BCUT2D eigenvalue weighted by molar-refractivity contribution is 6.04. The van der Waals surface area contributed by atoms with Crippen LogP contribution in [0, 0.1) is 11.8 Å². The Labute approximate surface area is 301 Å². The standard InChI is InChI=1S/C40H52N4O7/c1-6-10-17-32(46)41-27(5)35(28-15-12-11-13-16-28)50-39(49)33-31-22-23-40(51-31)34(33)37(47)44(25-14-26-45)36(40)38(48)43(24-7-2)30-20-18-29(19-21-30)42(8-3)9-4/h6-7,11-13,15-16,18-21,27,31,33-36,45H,1-2,8-10,14,17,22-26H2,3-5H3,(H,41,46)/t27-,31+,33-,34-,35-,36+,40-/m0/s1. The molecule has 5 rings (SSSR count). The Morgan fingerprint density at radius 1 is 1.08 bits per heavy atom. The van der Waals surface area contributed by atoms with Crippen LogP contribution in [-0.4, -0.2) is 90.3 Å². The van der Waals surface area contributed by atoms with Gasteiger partial charge in [-0.25, -0.2) is 0 Å². The topological polar surface area (TPSA) is 129 Å². The molecule has 0 radical (unpaired) electrons. The van der Waals surface area contributed by atoms with E-state index in [-0.39, 0.29) is 50.3 Å². The van der Waals surface area contributed by atoms with Crippen molar-refractivity contribution in [2.24, 2.45) is 11.8 Å². The van der Waals surface area contributed by atoms with Crippen molar-refractivity contribution < 1.29 is 33.8 Å². The molecule has 2 aromatic rings. The molecule has 3 aliphatic rings. The van der Waals surface area contributed by atoms with Crippen LogP contribution in [0.4, 0.5) is 11.4 Å². The van der Waals surface area contributed by atoms with Gasteiger partial charge in [0.2, 0.25) is 11.8 Å². The molecule has 0 aromatic heterocycles. The summed E-state index contributed by atoms with van der Waals surface area (Å²) in [5.74, 6) is -3.38. The van der Waals surface area contributed by atoms with Gasteiger partial charge in [0.15, 0.2) is 0 Å². The van der Waals surface area contributed by atoms with Crippen molar-refractivity contribution in [2.45, 2.75) is 82.8 Å². The molecule has 7 atom stereocenters. The lowest BCUT2D eigenvalue weighted by Crippen LogP contribution is -2.56. The lowest BCUT2D eigenvalue weighted by Gasteiger charge is -2.37. The zero-order valence-corrected chi connectivity index (χ0v) is 30.0. The number of likely N-dealkylation sites (tertiary alicyclic amines) is 1. The number of ether oxygens (including phenoxy) is 2. The molecule has 0 unspecified atom stereocenters. The number of anilines is 2. The van der Waals surface area contributed by atoms with E-state index in [1.807, 2.05) is 54.6 Å². The van der Waals surface area contributed by atoms with Gasteiger partial charge < -0.3 is 34.6 Å². The van der Waals surface area contributed by atoms with Crippen LogP contribution in [0.2, 0.25) is 0 Å². The maximum atomic E-state index is 14.8. The van der Waals surface area contributed by atoms with Crippen LogP contribution >= 0.6 is 0 Å². The van der Waals surface area contributed by atoms with Crippen LogP contribution in [0.15, 0.2) is 79.9 Å². The van der Waals surface area contributed by atoms with E-state index in [0.717, 1.165) is 18.8 Å². The number of allylic oxidation sites excluding steroid dienone is 1. The van der Waals surface area contributed by atoms with Crippen LogP contribution in [-0.2, 0) is 28.7 Å². The summed E-state index contributed by atoms with van der Waals surface area (Å²) in [6.45, 7) is 15.4. The molecule has 0 aliphatic carbocycles. The van der Waals surface area contributed by atoms with Gasteiger partial charge in [-0.15, -0.1) is 13.2 Å². The van der Waals surface area contributed by atoms with Crippen molar-refractivity contribution in [1.29, 1.82) is 0 Å². The third-order valence-corrected chi connectivity index (χ3v) is 10.5. The Kier molecular flexibility index (Phi) is 12.4. The van der Waals surface area contributed by atoms with Crippen LogP contribution in [0.5, 0.6) is 0 Å². The van der Waals surface area contributed by atoms with Crippen LogP contribution in [0.3, 0.4) is 0 Å². The molecule has 0 saturated carbocycles. The summed E-state index contributed by atoms with van der Waals surface area (Å²) in [7, 11) is 0. The fraction of sp³-hybridized carbons (Fsp3) is 0.500. The van der Waals surface area contributed by atoms with Crippen molar-refractivity contribution in [3.8, 4) is 0 Å². The lowest BCUT2D eigenvalue weighted by atomic mass is 9.70. The van der Waals surface area contributed by atoms with Gasteiger partial charge in [-0.3, -0.25) is 19.2 Å². The Bertz CT molecular complexity index is 1560. The van der Waals surface area contributed by atoms with Gasteiger partial charge in [0.25, 0.3) is 5.91 Å². The quantitative estimate of drug-likeness (QED) is 0.171. The summed E-state index contributed by atoms with van der Waals surface area (Å²) >= 11 is 0. The first-order valence-electron chi connectivity index (χ1n) is 18.2. The largest absolute Gasteiger partial charge is 0.455 e. The number of rotatable bonds is 18. The van der Waals surface area contributed by atoms with E-state index in [1.165, 1.54) is 4.90 Å². The highest BCUT2D eigenvalue weighted by atomic mass is 16.6. The molecule has 2 N–H and O–H groups in total. The highest BCUT2D eigenvalue weighted by Crippen LogP contribution is 2.59. The number of carbonyl (C=O) groups is 4. The first kappa shape index (κ1) is 37.8. The number of hydrogen-bond acceptors (Lipinski definition) is 8. The van der Waals surface area contributed by atoms with Crippen molar-refractivity contribution in [3.05, 3.63) is 85.5 Å². The first-order valence-corrected chi connectivity index (χ1v) is 18.2. The van der Waals surface area contributed by atoms with E-state index in [4.69, 9.17) is 9.47 Å². The summed E-state index contributed by atoms with van der Waals surface area (Å²) in [5, 5.41) is 12.7. The molecule has 11 nitrogen and oxygen atoms in total. The second-order valence-electron chi connectivity index (χ2n) is 13.5. The summed E-state index contributed by atoms with van der Waals surface area (Å²) in [5.41, 5.74) is 1.14. The molecule has 274 valence electrons. The summed E-state index contributed by atoms with van der Waals surface area (Å²) in [6, 6.07) is 15.3. The monoisotopic (exact) mass is 700 g/mol. The molecule has 3 fully saturated rings. The Balaban J connectivity index is 1.46. The zero-order valence-electron chi connectivity index (χ0n) is 30.0. The Hall–Kier alpha value is -4.48. The summed E-state index contributed by atoms with van der Waals surface area (Å²) in [4.78, 5) is 61.5. The van der Waals surface area contributed by atoms with Crippen LogP contribution < -0.4 is 15.1 Å². The molecular weight excluding hydrogens is 648 g/mol. The maximum absolute atomic E-state index is 14.8. The second-order valence-corrected chi connectivity index (χ2v) is 13.5. The number of fused-ring (bicyclic) bond motifs is 1. The minimum atomic E-state index is -1.24. The molecular formula is C40H52N4O7. The third kappa shape index (κ3) is 7.46. The number of carbonyl (C=O) groups excluding carboxylic acids is 4. The molecule has 3 aliphatic heterocycles. The molecule has 11 heteroatoms. The average Bonchev–Trinajstić information content (AvgIpc) is 3.79. The van der Waals surface area contributed by atoms with E-state index in [2.05, 4.69) is 37.2 Å². The van der Waals surface area contributed by atoms with Crippen molar-refractivity contribution in [2.75, 3.05) is 42.6 Å².